The van der Waals surface area contributed by atoms with E-state index in [0.717, 1.165) is 18.2 Å². The molecule has 0 aromatic heterocycles. The molecule has 3 rings (SSSR count). The van der Waals surface area contributed by atoms with Gasteiger partial charge in [-0.25, -0.2) is 0 Å². The van der Waals surface area contributed by atoms with Gasteiger partial charge in [0.2, 0.25) is 11.8 Å². The Labute approximate surface area is 154 Å². The van der Waals surface area contributed by atoms with E-state index in [1.165, 1.54) is 4.90 Å². The van der Waals surface area contributed by atoms with Gasteiger partial charge in [0.05, 0.1) is 23.6 Å². The van der Waals surface area contributed by atoms with Gasteiger partial charge in [0, 0.05) is 30.8 Å². The number of anilines is 2. The molecule has 9 nitrogen and oxygen atoms in total. The van der Waals surface area contributed by atoms with Crippen LogP contribution in [-0.2, 0) is 9.59 Å². The summed E-state index contributed by atoms with van der Waals surface area (Å²) < 4.78 is 5.08. The van der Waals surface area contributed by atoms with E-state index in [4.69, 9.17) is 4.74 Å². The summed E-state index contributed by atoms with van der Waals surface area (Å²) >= 11 is 0. The third-order valence-electron chi connectivity index (χ3n) is 4.33. The van der Waals surface area contributed by atoms with Crippen molar-refractivity contribution in [1.82, 2.24) is 0 Å². The average Bonchev–Trinajstić information content (AvgIpc) is 3.05. The van der Waals surface area contributed by atoms with E-state index in [1.54, 1.807) is 31.4 Å². The molecule has 1 unspecified atom stereocenters. The Kier molecular flexibility index (Phi) is 4.93. The smallest absolute Gasteiger partial charge is 0.271 e. The van der Waals surface area contributed by atoms with E-state index in [1.807, 2.05) is 0 Å². The number of phenols is 1. The van der Waals surface area contributed by atoms with Gasteiger partial charge in [-0.05, 0) is 30.3 Å². The molecule has 2 amide bonds. The Morgan fingerprint density at radius 1 is 1.30 bits per heavy atom. The van der Waals surface area contributed by atoms with E-state index >= 15 is 0 Å². The molecule has 1 aliphatic rings. The van der Waals surface area contributed by atoms with Crippen molar-refractivity contribution < 1.29 is 24.4 Å². The van der Waals surface area contributed by atoms with Gasteiger partial charge in [0.25, 0.3) is 5.69 Å². The highest BCUT2D eigenvalue weighted by atomic mass is 16.6. The van der Waals surface area contributed by atoms with Gasteiger partial charge in [-0.3, -0.25) is 19.7 Å². The predicted octanol–water partition coefficient (Wildman–Crippen LogP) is 2.30. The fraction of sp³-hybridized carbons (Fsp3) is 0.222. The highest BCUT2D eigenvalue weighted by Crippen LogP contribution is 2.31. The number of aromatic hydroxyl groups is 1. The van der Waals surface area contributed by atoms with Crippen LogP contribution in [0.15, 0.2) is 42.5 Å². The summed E-state index contributed by atoms with van der Waals surface area (Å²) in [5.74, 6) is -0.969. The molecule has 2 aromatic carbocycles. The standard InChI is InChI=1S/C18H17N3O6/c1-27-14-5-2-12(3-6-14)20-10-11(8-17(20)23)18(24)19-15-9-13(21(25)26)4-7-16(15)22/h2-7,9,11,22H,8,10H2,1H3,(H,19,24). The van der Waals surface area contributed by atoms with Crippen molar-refractivity contribution in [2.75, 3.05) is 23.9 Å². The number of nitro benzene ring substituents is 1. The van der Waals surface area contributed by atoms with Crippen LogP contribution in [-0.4, -0.2) is 35.5 Å². The second-order valence-electron chi connectivity index (χ2n) is 6.05. The predicted molar refractivity (Wildman–Crippen MR) is 96.8 cm³/mol. The highest BCUT2D eigenvalue weighted by molar-refractivity contribution is 6.04. The third-order valence-corrected chi connectivity index (χ3v) is 4.33. The molecule has 0 spiro atoms. The van der Waals surface area contributed by atoms with E-state index in [0.29, 0.717) is 11.4 Å². The number of non-ortho nitro benzene ring substituents is 1. The minimum Gasteiger partial charge on any atom is -0.506 e. The van der Waals surface area contributed by atoms with Crippen LogP contribution in [0, 0.1) is 16.0 Å². The summed E-state index contributed by atoms with van der Waals surface area (Å²) in [6, 6.07) is 10.2. The SMILES string of the molecule is COc1ccc(N2CC(C(=O)Nc3cc([N+](=O)[O-])ccc3O)CC2=O)cc1. The Balaban J connectivity index is 1.72. The molecule has 0 bridgehead atoms. The molecule has 1 heterocycles. The quantitative estimate of drug-likeness (QED) is 0.472. The number of hydrogen-bond acceptors (Lipinski definition) is 6. The molecule has 1 atom stereocenters. The molecule has 2 aromatic rings. The van der Waals surface area contributed by atoms with E-state index < -0.39 is 16.7 Å². The summed E-state index contributed by atoms with van der Waals surface area (Å²) in [4.78, 5) is 36.5. The van der Waals surface area contributed by atoms with Crippen molar-refractivity contribution in [1.29, 1.82) is 0 Å². The lowest BCUT2D eigenvalue weighted by Gasteiger charge is -2.17. The van der Waals surface area contributed by atoms with Crippen molar-refractivity contribution >= 4 is 28.9 Å². The number of phenolic OH excluding ortho intramolecular Hbond substituents is 1. The number of nitro groups is 1. The Hall–Kier alpha value is -3.62. The van der Waals surface area contributed by atoms with Crippen LogP contribution in [0.5, 0.6) is 11.5 Å². The van der Waals surface area contributed by atoms with Crippen LogP contribution in [0.1, 0.15) is 6.42 Å². The first-order valence-corrected chi connectivity index (χ1v) is 8.11. The second kappa shape index (κ2) is 7.32. The molecule has 9 heteroatoms. The molecule has 140 valence electrons. The maximum atomic E-state index is 12.5. The van der Waals surface area contributed by atoms with Gasteiger partial charge >= 0.3 is 0 Å². The van der Waals surface area contributed by atoms with Crippen LogP contribution in [0.4, 0.5) is 17.1 Å². The first-order valence-electron chi connectivity index (χ1n) is 8.11. The maximum absolute atomic E-state index is 12.5. The maximum Gasteiger partial charge on any atom is 0.271 e. The molecular weight excluding hydrogens is 354 g/mol. The molecule has 0 radical (unpaired) electrons. The van der Waals surface area contributed by atoms with Crippen molar-refractivity contribution in [3.8, 4) is 11.5 Å². The summed E-state index contributed by atoms with van der Waals surface area (Å²) in [5.41, 5.74) is 0.323. The number of nitrogens with one attached hydrogen (secondary N) is 1. The summed E-state index contributed by atoms with van der Waals surface area (Å²) in [6.45, 7) is 0.173. The van der Waals surface area contributed by atoms with Crippen molar-refractivity contribution in [3.63, 3.8) is 0 Å². The van der Waals surface area contributed by atoms with Gasteiger partial charge in [0.1, 0.15) is 11.5 Å². The Morgan fingerprint density at radius 2 is 2.00 bits per heavy atom. The van der Waals surface area contributed by atoms with Gasteiger partial charge in [-0.1, -0.05) is 0 Å². The number of carbonyl (C=O) groups is 2. The summed E-state index contributed by atoms with van der Waals surface area (Å²) in [5, 5.41) is 23.1. The zero-order valence-electron chi connectivity index (χ0n) is 14.4. The van der Waals surface area contributed by atoms with Crippen LogP contribution in [0.25, 0.3) is 0 Å². The number of nitrogens with zero attached hydrogens (tertiary/aromatic N) is 2. The molecular formula is C18H17N3O6. The van der Waals surface area contributed by atoms with Crippen molar-refractivity contribution in [3.05, 3.63) is 52.6 Å². The fourth-order valence-electron chi connectivity index (χ4n) is 2.87. The Bertz CT molecular complexity index is 896. The van der Waals surface area contributed by atoms with E-state index in [2.05, 4.69) is 5.32 Å². The number of ether oxygens (including phenoxy) is 1. The largest absolute Gasteiger partial charge is 0.506 e. The third kappa shape index (κ3) is 3.81. The van der Waals surface area contributed by atoms with Crippen LogP contribution in [0.2, 0.25) is 0 Å². The number of carbonyl (C=O) groups excluding carboxylic acids is 2. The molecule has 27 heavy (non-hydrogen) atoms. The lowest BCUT2D eigenvalue weighted by Crippen LogP contribution is -2.28. The van der Waals surface area contributed by atoms with Crippen LogP contribution >= 0.6 is 0 Å². The summed E-state index contributed by atoms with van der Waals surface area (Å²) in [6.07, 6.45) is 0.00749. The van der Waals surface area contributed by atoms with Gasteiger partial charge in [-0.15, -0.1) is 0 Å². The van der Waals surface area contributed by atoms with E-state index in [-0.39, 0.29) is 36.0 Å². The summed E-state index contributed by atoms with van der Waals surface area (Å²) in [7, 11) is 1.54. The minimum atomic E-state index is -0.640. The molecule has 1 aliphatic heterocycles. The van der Waals surface area contributed by atoms with E-state index in [9.17, 15) is 24.8 Å². The first kappa shape index (κ1) is 18.2. The zero-order valence-corrected chi connectivity index (χ0v) is 14.4. The lowest BCUT2D eigenvalue weighted by molar-refractivity contribution is -0.384. The molecule has 2 N–H and O–H groups in total. The second-order valence-corrected chi connectivity index (χ2v) is 6.05. The molecule has 0 aliphatic carbocycles. The number of amides is 2. The van der Waals surface area contributed by atoms with Crippen molar-refractivity contribution in [2.45, 2.75) is 6.42 Å². The number of rotatable bonds is 5. The zero-order chi connectivity index (χ0) is 19.6. The van der Waals surface area contributed by atoms with Crippen LogP contribution in [0.3, 0.4) is 0 Å². The highest BCUT2D eigenvalue weighted by Gasteiger charge is 2.35. The van der Waals surface area contributed by atoms with Gasteiger partial charge < -0.3 is 20.1 Å². The van der Waals surface area contributed by atoms with Gasteiger partial charge in [0.15, 0.2) is 0 Å². The monoisotopic (exact) mass is 371 g/mol. The van der Waals surface area contributed by atoms with Gasteiger partial charge in [-0.2, -0.15) is 0 Å². The normalized spacial score (nSPS) is 16.3. The lowest BCUT2D eigenvalue weighted by atomic mass is 10.1. The molecule has 0 saturated carbocycles. The van der Waals surface area contributed by atoms with Crippen LogP contribution < -0.4 is 15.0 Å². The first-order chi connectivity index (χ1) is 12.9. The number of benzene rings is 2. The Morgan fingerprint density at radius 3 is 2.63 bits per heavy atom. The fourth-order valence-corrected chi connectivity index (χ4v) is 2.87. The number of hydrogen-bond donors (Lipinski definition) is 2. The van der Waals surface area contributed by atoms with Crippen molar-refractivity contribution in [2.24, 2.45) is 5.92 Å². The minimum absolute atomic E-state index is 0.00749. The molecule has 1 fully saturated rings. The molecule has 1 saturated heterocycles. The average molecular weight is 371 g/mol. The topological polar surface area (TPSA) is 122 Å². The number of methoxy groups -OCH3 is 1.